The van der Waals surface area contributed by atoms with Crippen LogP contribution in [-0.4, -0.2) is 39.2 Å². The van der Waals surface area contributed by atoms with E-state index < -0.39 is 24.0 Å². The summed E-state index contributed by atoms with van der Waals surface area (Å²) in [5, 5.41) is 2.02. The standard InChI is InChI=1S/C26H23ClN2O6/c1-32-19-14-21(34-3)20(33-2)13-18(19)23-22-24(35-29(23)16-9-5-4-6-10-16)26(31)28(25(22)30)17-11-7-8-15(27)12-17/h4-14,22-24H,1-3H3/t22-,23-,24-/m1/s1. The fraction of sp³-hybridized carbons (Fsp3) is 0.231. The number of ether oxygens (including phenoxy) is 3. The van der Waals surface area contributed by atoms with Gasteiger partial charge in [0, 0.05) is 16.7 Å². The number of hydrogen-bond acceptors (Lipinski definition) is 7. The molecule has 0 saturated carbocycles. The quantitative estimate of drug-likeness (QED) is 0.469. The second kappa shape index (κ2) is 9.13. The zero-order chi connectivity index (χ0) is 24.7. The van der Waals surface area contributed by atoms with Crippen LogP contribution in [0.4, 0.5) is 11.4 Å². The lowest BCUT2D eigenvalue weighted by Crippen LogP contribution is -2.37. The molecular weight excluding hydrogens is 472 g/mol. The van der Waals surface area contributed by atoms with Crippen LogP contribution in [0.15, 0.2) is 66.7 Å². The second-order valence-corrected chi connectivity index (χ2v) is 8.54. The van der Waals surface area contributed by atoms with Crippen LogP contribution >= 0.6 is 11.6 Å². The van der Waals surface area contributed by atoms with E-state index in [9.17, 15) is 9.59 Å². The Balaban J connectivity index is 1.66. The molecule has 2 fully saturated rings. The van der Waals surface area contributed by atoms with E-state index >= 15 is 0 Å². The maximum Gasteiger partial charge on any atom is 0.266 e. The number of methoxy groups -OCH3 is 3. The first-order valence-electron chi connectivity index (χ1n) is 10.9. The van der Waals surface area contributed by atoms with Gasteiger partial charge in [-0.05, 0) is 36.4 Å². The maximum absolute atomic E-state index is 13.8. The minimum absolute atomic E-state index is 0.387. The first kappa shape index (κ1) is 23.0. The molecule has 3 aromatic rings. The van der Waals surface area contributed by atoms with Gasteiger partial charge in [0.15, 0.2) is 17.6 Å². The van der Waals surface area contributed by atoms with E-state index in [1.54, 1.807) is 41.5 Å². The van der Waals surface area contributed by atoms with Crippen LogP contribution in [-0.2, 0) is 14.4 Å². The number of halogens is 1. The van der Waals surface area contributed by atoms with E-state index in [2.05, 4.69) is 0 Å². The van der Waals surface area contributed by atoms with Crippen molar-refractivity contribution in [3.63, 3.8) is 0 Å². The van der Waals surface area contributed by atoms with Crippen molar-refractivity contribution in [2.75, 3.05) is 31.3 Å². The Labute approximate surface area is 207 Å². The highest BCUT2D eigenvalue weighted by Crippen LogP contribution is 2.51. The molecule has 2 heterocycles. The number of carbonyl (C=O) groups excluding carboxylic acids is 2. The van der Waals surface area contributed by atoms with Crippen molar-refractivity contribution in [3.8, 4) is 17.2 Å². The van der Waals surface area contributed by atoms with Gasteiger partial charge in [-0.2, -0.15) is 0 Å². The molecule has 2 aliphatic rings. The molecular formula is C26H23ClN2O6. The number of hydroxylamine groups is 1. The molecule has 35 heavy (non-hydrogen) atoms. The number of fused-ring (bicyclic) bond motifs is 1. The molecule has 2 aliphatic heterocycles. The van der Waals surface area contributed by atoms with Gasteiger partial charge in [-0.1, -0.05) is 35.9 Å². The van der Waals surface area contributed by atoms with Crippen LogP contribution in [0.1, 0.15) is 11.6 Å². The lowest BCUT2D eigenvalue weighted by molar-refractivity contribution is -0.126. The molecule has 0 spiro atoms. The summed E-state index contributed by atoms with van der Waals surface area (Å²) >= 11 is 6.14. The molecule has 2 saturated heterocycles. The Morgan fingerprint density at radius 2 is 1.43 bits per heavy atom. The van der Waals surface area contributed by atoms with Crippen LogP contribution in [0.5, 0.6) is 17.2 Å². The van der Waals surface area contributed by atoms with Gasteiger partial charge < -0.3 is 14.2 Å². The molecule has 9 heteroatoms. The highest BCUT2D eigenvalue weighted by atomic mass is 35.5. The predicted octanol–water partition coefficient (Wildman–Crippen LogP) is 4.42. The van der Waals surface area contributed by atoms with E-state index in [0.29, 0.717) is 39.2 Å². The van der Waals surface area contributed by atoms with E-state index in [1.165, 1.54) is 21.3 Å². The normalized spacial score (nSPS) is 21.3. The Morgan fingerprint density at radius 1 is 0.771 bits per heavy atom. The molecule has 0 radical (unpaired) electrons. The Kier molecular flexibility index (Phi) is 6.00. The summed E-state index contributed by atoms with van der Waals surface area (Å²) in [4.78, 5) is 34.6. The molecule has 5 rings (SSSR count). The smallest absolute Gasteiger partial charge is 0.266 e. The Hall–Kier alpha value is -3.75. The molecule has 8 nitrogen and oxygen atoms in total. The van der Waals surface area contributed by atoms with Gasteiger partial charge >= 0.3 is 0 Å². The number of amides is 2. The molecule has 0 unspecified atom stereocenters. The van der Waals surface area contributed by atoms with Gasteiger partial charge in [0.05, 0.1) is 32.7 Å². The van der Waals surface area contributed by atoms with Crippen LogP contribution in [0, 0.1) is 5.92 Å². The summed E-state index contributed by atoms with van der Waals surface area (Å²) in [6.07, 6.45) is -1.02. The van der Waals surface area contributed by atoms with Crippen molar-refractivity contribution in [1.29, 1.82) is 0 Å². The molecule has 2 amide bonds. The van der Waals surface area contributed by atoms with Crippen molar-refractivity contribution >= 4 is 34.8 Å². The van der Waals surface area contributed by atoms with Crippen LogP contribution in [0.2, 0.25) is 5.02 Å². The number of anilines is 2. The third-order valence-corrected chi connectivity index (χ3v) is 6.48. The molecule has 3 aromatic carbocycles. The van der Waals surface area contributed by atoms with Crippen LogP contribution < -0.4 is 24.2 Å². The van der Waals surface area contributed by atoms with Gasteiger partial charge in [-0.25, -0.2) is 9.96 Å². The summed E-state index contributed by atoms with van der Waals surface area (Å²) < 4.78 is 16.6. The fourth-order valence-corrected chi connectivity index (χ4v) is 4.87. The summed E-state index contributed by atoms with van der Waals surface area (Å²) in [6, 6.07) is 18.7. The Bertz CT molecular complexity index is 1280. The second-order valence-electron chi connectivity index (χ2n) is 8.10. The minimum Gasteiger partial charge on any atom is -0.496 e. The number of rotatable bonds is 6. The third kappa shape index (κ3) is 3.75. The fourth-order valence-electron chi connectivity index (χ4n) is 4.68. The molecule has 0 aromatic heterocycles. The average Bonchev–Trinajstić information content (AvgIpc) is 3.39. The highest BCUT2D eigenvalue weighted by molar-refractivity contribution is 6.31. The number of carbonyl (C=O) groups is 2. The summed E-state index contributed by atoms with van der Waals surface area (Å²) in [7, 11) is 4.59. The molecule has 0 aliphatic carbocycles. The first-order valence-corrected chi connectivity index (χ1v) is 11.3. The average molecular weight is 495 g/mol. The van der Waals surface area contributed by atoms with Gasteiger partial charge in [-0.3, -0.25) is 14.4 Å². The third-order valence-electron chi connectivity index (χ3n) is 6.25. The number of nitrogens with zero attached hydrogens (tertiary/aromatic N) is 2. The van der Waals surface area contributed by atoms with E-state index in [-0.39, 0.29) is 5.91 Å². The van der Waals surface area contributed by atoms with E-state index in [1.807, 2.05) is 30.3 Å². The molecule has 0 N–H and O–H groups in total. The van der Waals surface area contributed by atoms with Crippen molar-refractivity contribution in [2.45, 2.75) is 12.1 Å². The molecule has 180 valence electrons. The highest BCUT2D eigenvalue weighted by Gasteiger charge is 2.61. The SMILES string of the molecule is COc1cc(OC)c([C@@H]2[C@H]3C(=O)N(c4cccc(Cl)c4)C(=O)[C@@H]3ON2c2ccccc2)cc1OC. The lowest BCUT2D eigenvalue weighted by atomic mass is 9.89. The van der Waals surface area contributed by atoms with Crippen molar-refractivity contribution in [3.05, 3.63) is 77.3 Å². The van der Waals surface area contributed by atoms with E-state index in [0.717, 1.165) is 4.90 Å². The number of benzene rings is 3. The monoisotopic (exact) mass is 494 g/mol. The summed E-state index contributed by atoms with van der Waals surface area (Å²) in [6.45, 7) is 0. The zero-order valence-corrected chi connectivity index (χ0v) is 20.1. The topological polar surface area (TPSA) is 77.5 Å². The number of para-hydroxylation sites is 1. The zero-order valence-electron chi connectivity index (χ0n) is 19.3. The van der Waals surface area contributed by atoms with Crippen LogP contribution in [0.3, 0.4) is 0 Å². The first-order chi connectivity index (χ1) is 17.0. The molecule has 3 atom stereocenters. The van der Waals surface area contributed by atoms with Gasteiger partial charge in [0.25, 0.3) is 5.91 Å². The van der Waals surface area contributed by atoms with E-state index in [4.69, 9.17) is 30.6 Å². The number of hydrogen-bond donors (Lipinski definition) is 0. The van der Waals surface area contributed by atoms with Crippen molar-refractivity contribution < 1.29 is 28.6 Å². The summed E-state index contributed by atoms with van der Waals surface area (Å²) in [5.74, 6) is -0.270. The Morgan fingerprint density at radius 3 is 2.09 bits per heavy atom. The summed E-state index contributed by atoms with van der Waals surface area (Å²) in [5.41, 5.74) is 1.71. The van der Waals surface area contributed by atoms with Crippen LogP contribution in [0.25, 0.3) is 0 Å². The molecule has 0 bridgehead atoms. The van der Waals surface area contributed by atoms with Gasteiger partial charge in [-0.15, -0.1) is 0 Å². The predicted molar refractivity (Wildman–Crippen MR) is 130 cm³/mol. The lowest BCUT2D eigenvalue weighted by Gasteiger charge is -2.30. The number of imide groups is 1. The van der Waals surface area contributed by atoms with Crippen molar-refractivity contribution in [2.24, 2.45) is 5.92 Å². The van der Waals surface area contributed by atoms with Gasteiger partial charge in [0.2, 0.25) is 5.91 Å². The maximum atomic E-state index is 13.8. The van der Waals surface area contributed by atoms with Crippen molar-refractivity contribution in [1.82, 2.24) is 0 Å². The largest absolute Gasteiger partial charge is 0.496 e. The van der Waals surface area contributed by atoms with Gasteiger partial charge in [0.1, 0.15) is 17.7 Å². The minimum atomic E-state index is -1.02.